The third-order valence-corrected chi connectivity index (χ3v) is 0.794. The van der Waals surface area contributed by atoms with E-state index < -0.39 is 5.97 Å². The molecule has 2 N–H and O–H groups in total. The van der Waals surface area contributed by atoms with Gasteiger partial charge in [-0.15, -0.1) is 0 Å². The predicted molar refractivity (Wildman–Crippen MR) is 38.6 cm³/mol. The maximum atomic E-state index is 9.84. The lowest BCUT2D eigenvalue weighted by atomic mass is 10.4. The van der Waals surface area contributed by atoms with Crippen molar-refractivity contribution in [3.05, 3.63) is 0 Å². The summed E-state index contributed by atoms with van der Waals surface area (Å²) in [7, 11) is 0. The number of nitrogens with one attached hydrogen (secondary N) is 1. The average molecular weight is 141 g/mol. The lowest BCUT2D eigenvalue weighted by Gasteiger charge is -2.00. The Balaban J connectivity index is 3.38. The summed E-state index contributed by atoms with van der Waals surface area (Å²) in [5.74, 6) is 3.38. The summed E-state index contributed by atoms with van der Waals surface area (Å²) in [4.78, 5) is 9.84. The predicted octanol–water partition coefficient (Wildman–Crippen LogP) is 0.0724. The van der Waals surface area contributed by atoms with Crippen molar-refractivity contribution in [1.82, 2.24) is 5.32 Å². The Morgan fingerprint density at radius 1 is 1.70 bits per heavy atom. The summed E-state index contributed by atoms with van der Waals surface area (Å²) in [6, 6.07) is 0.350. The molecule has 0 aromatic heterocycles. The van der Waals surface area contributed by atoms with E-state index >= 15 is 0 Å². The molecular weight excluding hydrogens is 130 g/mol. The molecule has 3 nitrogen and oxygen atoms in total. The maximum absolute atomic E-state index is 9.84. The molecule has 10 heavy (non-hydrogen) atoms. The monoisotopic (exact) mass is 141 g/mol. The molecule has 0 fully saturated rings. The van der Waals surface area contributed by atoms with E-state index in [-0.39, 0.29) is 0 Å². The number of aliphatic carboxylic acids is 1. The van der Waals surface area contributed by atoms with Crippen LogP contribution in [0.2, 0.25) is 0 Å². The minimum absolute atomic E-state index is 0.350. The minimum Gasteiger partial charge on any atom is -0.472 e. The van der Waals surface area contributed by atoms with Gasteiger partial charge in [0.15, 0.2) is 0 Å². The van der Waals surface area contributed by atoms with Crippen LogP contribution >= 0.6 is 0 Å². The third-order valence-electron chi connectivity index (χ3n) is 0.794. The van der Waals surface area contributed by atoms with E-state index in [0.717, 1.165) is 0 Å². The highest BCUT2D eigenvalue weighted by Crippen LogP contribution is 1.72. The van der Waals surface area contributed by atoms with Crippen LogP contribution in [0.15, 0.2) is 0 Å². The van der Waals surface area contributed by atoms with Crippen molar-refractivity contribution in [2.45, 2.75) is 19.9 Å². The first-order valence-corrected chi connectivity index (χ1v) is 3.08. The molecule has 0 aromatic carbocycles. The average Bonchev–Trinajstić information content (AvgIpc) is 1.79. The van der Waals surface area contributed by atoms with E-state index in [0.29, 0.717) is 12.6 Å². The van der Waals surface area contributed by atoms with Gasteiger partial charge in [-0.25, -0.2) is 4.79 Å². The fourth-order valence-electron chi connectivity index (χ4n) is 0.375. The second-order valence-electron chi connectivity index (χ2n) is 2.14. The molecule has 0 rings (SSSR count). The van der Waals surface area contributed by atoms with Gasteiger partial charge >= 0.3 is 5.97 Å². The van der Waals surface area contributed by atoms with E-state index in [4.69, 9.17) is 5.11 Å². The normalized spacial score (nSPS) is 8.70. The summed E-state index contributed by atoms with van der Waals surface area (Å²) in [6.45, 7) is 4.38. The molecule has 0 bridgehead atoms. The molecule has 0 saturated carbocycles. The highest BCUT2D eigenvalue weighted by molar-refractivity contribution is 5.86. The molecule has 0 heterocycles. The fourth-order valence-corrected chi connectivity index (χ4v) is 0.375. The molecule has 0 aliphatic rings. The van der Waals surface area contributed by atoms with Gasteiger partial charge in [-0.05, 0) is 13.8 Å². The molecular formula is C7H11NO2. The SMILES string of the molecule is CC(C)NCC#CC(=O)O. The standard InChI is InChI=1S/C7H11NO2/c1-6(2)8-5-3-4-7(9)10/h6,8H,5H2,1-2H3,(H,9,10). The van der Waals surface area contributed by atoms with Crippen LogP contribution < -0.4 is 5.32 Å². The molecule has 56 valence electrons. The summed E-state index contributed by atoms with van der Waals surface area (Å²) < 4.78 is 0. The topological polar surface area (TPSA) is 49.3 Å². The zero-order chi connectivity index (χ0) is 7.98. The van der Waals surface area contributed by atoms with Crippen LogP contribution in [0.5, 0.6) is 0 Å². The first kappa shape index (κ1) is 8.99. The van der Waals surface area contributed by atoms with Crippen molar-refractivity contribution >= 4 is 5.97 Å². The van der Waals surface area contributed by atoms with E-state index in [1.54, 1.807) is 0 Å². The largest absolute Gasteiger partial charge is 0.472 e. The zero-order valence-electron chi connectivity index (χ0n) is 6.14. The van der Waals surface area contributed by atoms with Gasteiger partial charge in [0.2, 0.25) is 0 Å². The number of carboxylic acid groups (broad SMARTS) is 1. The number of hydrogen-bond donors (Lipinski definition) is 2. The molecule has 0 aromatic rings. The van der Waals surface area contributed by atoms with Crippen molar-refractivity contribution in [1.29, 1.82) is 0 Å². The lowest BCUT2D eigenvalue weighted by Crippen LogP contribution is -2.22. The highest BCUT2D eigenvalue weighted by atomic mass is 16.4. The number of carbonyl (C=O) groups is 1. The Hall–Kier alpha value is -1.01. The zero-order valence-corrected chi connectivity index (χ0v) is 6.14. The minimum atomic E-state index is -1.08. The molecule has 0 saturated heterocycles. The van der Waals surface area contributed by atoms with Gasteiger partial charge in [0.1, 0.15) is 0 Å². The number of hydrogen-bond acceptors (Lipinski definition) is 2. The fraction of sp³-hybridized carbons (Fsp3) is 0.571. The summed E-state index contributed by atoms with van der Waals surface area (Å²) in [5, 5.41) is 11.0. The first-order chi connectivity index (χ1) is 4.63. The molecule has 0 aliphatic carbocycles. The lowest BCUT2D eigenvalue weighted by molar-refractivity contribution is -0.130. The third kappa shape index (κ3) is 6.99. The second kappa shape index (κ2) is 4.83. The van der Waals surface area contributed by atoms with Gasteiger partial charge in [0.25, 0.3) is 0 Å². The maximum Gasteiger partial charge on any atom is 0.381 e. The summed E-state index contributed by atoms with van der Waals surface area (Å²) in [6.07, 6.45) is 0. The van der Waals surface area contributed by atoms with E-state index in [2.05, 4.69) is 11.2 Å². The van der Waals surface area contributed by atoms with Crippen molar-refractivity contribution < 1.29 is 9.90 Å². The van der Waals surface area contributed by atoms with Gasteiger partial charge in [-0.2, -0.15) is 0 Å². The van der Waals surface area contributed by atoms with Gasteiger partial charge in [0, 0.05) is 12.0 Å². The van der Waals surface area contributed by atoms with Crippen LogP contribution in [0.25, 0.3) is 0 Å². The van der Waals surface area contributed by atoms with Crippen molar-refractivity contribution in [3.63, 3.8) is 0 Å². The smallest absolute Gasteiger partial charge is 0.381 e. The van der Waals surface area contributed by atoms with Crippen molar-refractivity contribution in [2.75, 3.05) is 6.54 Å². The summed E-state index contributed by atoms with van der Waals surface area (Å²) in [5.41, 5.74) is 0. The molecule has 0 amide bonds. The molecule has 0 spiro atoms. The van der Waals surface area contributed by atoms with Gasteiger partial charge in [0.05, 0.1) is 6.54 Å². The van der Waals surface area contributed by atoms with Crippen LogP contribution in [0, 0.1) is 11.8 Å². The van der Waals surface area contributed by atoms with Gasteiger partial charge in [-0.1, -0.05) is 5.92 Å². The van der Waals surface area contributed by atoms with Crippen LogP contribution in [-0.2, 0) is 4.79 Å². The van der Waals surface area contributed by atoms with Crippen LogP contribution in [-0.4, -0.2) is 23.7 Å². The molecule has 0 radical (unpaired) electrons. The Bertz CT molecular complexity index is 164. The first-order valence-electron chi connectivity index (χ1n) is 3.08. The number of rotatable bonds is 2. The van der Waals surface area contributed by atoms with E-state index in [9.17, 15) is 4.79 Å². The van der Waals surface area contributed by atoms with Crippen LogP contribution in [0.3, 0.4) is 0 Å². The van der Waals surface area contributed by atoms with Crippen molar-refractivity contribution in [3.8, 4) is 11.8 Å². The van der Waals surface area contributed by atoms with Crippen molar-refractivity contribution in [2.24, 2.45) is 0 Å². The molecule has 3 heteroatoms. The van der Waals surface area contributed by atoms with E-state index in [1.807, 2.05) is 19.8 Å². The van der Waals surface area contributed by atoms with Crippen LogP contribution in [0.4, 0.5) is 0 Å². The Morgan fingerprint density at radius 2 is 2.30 bits per heavy atom. The van der Waals surface area contributed by atoms with E-state index in [1.165, 1.54) is 0 Å². The number of carboxylic acids is 1. The second-order valence-corrected chi connectivity index (χ2v) is 2.14. The Kier molecular flexibility index (Phi) is 4.34. The summed E-state index contributed by atoms with van der Waals surface area (Å²) >= 11 is 0. The Labute approximate surface area is 60.4 Å². The quantitative estimate of drug-likeness (QED) is 0.535. The highest BCUT2D eigenvalue weighted by Gasteiger charge is 1.86. The Morgan fingerprint density at radius 3 is 2.70 bits per heavy atom. The molecule has 0 aliphatic heterocycles. The van der Waals surface area contributed by atoms with Gasteiger partial charge in [-0.3, -0.25) is 0 Å². The molecule has 0 unspecified atom stereocenters. The van der Waals surface area contributed by atoms with Crippen LogP contribution in [0.1, 0.15) is 13.8 Å². The van der Waals surface area contributed by atoms with Gasteiger partial charge < -0.3 is 10.4 Å². The molecule has 0 atom stereocenters.